The standard InChI is InChI=1S/C11H10Cl2N4O/c12-7-6-8(16-10(13)15-7)17-4-5-18-11(2-1-3-11)9(17)14-6/h1-5H2. The average Bonchev–Trinajstić information content (AvgIpc) is 2.66. The maximum Gasteiger partial charge on any atom is 0.225 e. The van der Waals surface area contributed by atoms with Crippen molar-refractivity contribution in [1.82, 2.24) is 19.5 Å². The van der Waals surface area contributed by atoms with Crippen molar-refractivity contribution in [2.75, 3.05) is 6.61 Å². The summed E-state index contributed by atoms with van der Waals surface area (Å²) in [6, 6.07) is 0. The van der Waals surface area contributed by atoms with Crippen molar-refractivity contribution in [2.24, 2.45) is 0 Å². The minimum absolute atomic E-state index is 0.157. The molecule has 94 valence electrons. The van der Waals surface area contributed by atoms with Crippen LogP contribution in [0.15, 0.2) is 0 Å². The van der Waals surface area contributed by atoms with Crippen LogP contribution in [-0.2, 0) is 16.9 Å². The zero-order valence-corrected chi connectivity index (χ0v) is 11.0. The van der Waals surface area contributed by atoms with Crippen molar-refractivity contribution in [3.05, 3.63) is 16.3 Å². The van der Waals surface area contributed by atoms with Crippen LogP contribution in [0.4, 0.5) is 0 Å². The van der Waals surface area contributed by atoms with Crippen molar-refractivity contribution in [2.45, 2.75) is 31.4 Å². The molecule has 3 heterocycles. The first-order chi connectivity index (χ1) is 8.70. The van der Waals surface area contributed by atoms with E-state index in [-0.39, 0.29) is 10.9 Å². The fraction of sp³-hybridized carbons (Fsp3) is 0.545. The number of rotatable bonds is 0. The van der Waals surface area contributed by atoms with Gasteiger partial charge in [-0.1, -0.05) is 11.6 Å². The molecule has 1 saturated carbocycles. The minimum Gasteiger partial charge on any atom is -0.365 e. The molecule has 0 radical (unpaired) electrons. The van der Waals surface area contributed by atoms with Gasteiger partial charge in [-0.05, 0) is 30.9 Å². The highest BCUT2D eigenvalue weighted by molar-refractivity contribution is 6.35. The summed E-state index contributed by atoms with van der Waals surface area (Å²) < 4.78 is 7.99. The molecule has 1 fully saturated rings. The van der Waals surface area contributed by atoms with Crippen molar-refractivity contribution in [1.29, 1.82) is 0 Å². The molecule has 0 saturated heterocycles. The number of nitrogens with zero attached hydrogens (tertiary/aromatic N) is 4. The van der Waals surface area contributed by atoms with Crippen molar-refractivity contribution >= 4 is 34.4 Å². The van der Waals surface area contributed by atoms with Gasteiger partial charge in [-0.15, -0.1) is 0 Å². The zero-order chi connectivity index (χ0) is 12.3. The van der Waals surface area contributed by atoms with Gasteiger partial charge in [-0.3, -0.25) is 0 Å². The third-order valence-corrected chi connectivity index (χ3v) is 4.22. The molecule has 7 heteroatoms. The van der Waals surface area contributed by atoms with Gasteiger partial charge in [0.2, 0.25) is 5.28 Å². The first-order valence-corrected chi connectivity index (χ1v) is 6.69. The maximum absolute atomic E-state index is 6.08. The summed E-state index contributed by atoms with van der Waals surface area (Å²) in [4.78, 5) is 12.8. The fourth-order valence-corrected chi connectivity index (χ4v) is 3.18. The Balaban J connectivity index is 2.04. The van der Waals surface area contributed by atoms with E-state index < -0.39 is 0 Å². The number of hydrogen-bond acceptors (Lipinski definition) is 4. The van der Waals surface area contributed by atoms with Gasteiger partial charge in [-0.2, -0.15) is 4.98 Å². The second-order valence-corrected chi connectivity index (χ2v) is 5.44. The third-order valence-electron chi connectivity index (χ3n) is 3.79. The van der Waals surface area contributed by atoms with Gasteiger partial charge in [0.1, 0.15) is 16.9 Å². The topological polar surface area (TPSA) is 52.8 Å². The van der Waals surface area contributed by atoms with Crippen LogP contribution in [-0.4, -0.2) is 26.1 Å². The molecule has 5 nitrogen and oxygen atoms in total. The molecule has 0 aromatic carbocycles. The quantitative estimate of drug-likeness (QED) is 0.551. The number of aromatic nitrogens is 4. The van der Waals surface area contributed by atoms with Gasteiger partial charge < -0.3 is 9.30 Å². The first-order valence-electron chi connectivity index (χ1n) is 5.93. The van der Waals surface area contributed by atoms with Crippen LogP contribution in [0.5, 0.6) is 0 Å². The third kappa shape index (κ3) is 1.30. The summed E-state index contributed by atoms with van der Waals surface area (Å²) in [6.07, 6.45) is 3.19. The van der Waals surface area contributed by atoms with Crippen molar-refractivity contribution in [3.8, 4) is 0 Å². The average molecular weight is 285 g/mol. The maximum atomic E-state index is 6.08. The van der Waals surface area contributed by atoms with E-state index in [0.29, 0.717) is 22.9 Å². The van der Waals surface area contributed by atoms with Gasteiger partial charge in [0.05, 0.1) is 6.61 Å². The molecule has 2 aliphatic rings. The normalized spacial score (nSPS) is 21.0. The molecule has 18 heavy (non-hydrogen) atoms. The van der Waals surface area contributed by atoms with Crippen LogP contribution < -0.4 is 0 Å². The molecule has 0 bridgehead atoms. The Kier molecular flexibility index (Phi) is 2.17. The Labute approximate surface area is 113 Å². The summed E-state index contributed by atoms with van der Waals surface area (Å²) in [5.41, 5.74) is 1.10. The fourth-order valence-electron chi connectivity index (χ4n) is 2.76. The lowest BCUT2D eigenvalue weighted by Gasteiger charge is -2.43. The van der Waals surface area contributed by atoms with Gasteiger partial charge >= 0.3 is 0 Å². The Hall–Kier alpha value is -0.910. The van der Waals surface area contributed by atoms with Crippen LogP contribution in [0.2, 0.25) is 10.4 Å². The SMILES string of the molecule is Clc1nc(Cl)c2nc3n(c2n1)CCOC31CCC1. The van der Waals surface area contributed by atoms with Crippen LogP contribution in [0, 0.1) is 0 Å². The second kappa shape index (κ2) is 3.56. The number of ether oxygens (including phenoxy) is 1. The highest BCUT2D eigenvalue weighted by Crippen LogP contribution is 2.47. The Morgan fingerprint density at radius 3 is 2.72 bits per heavy atom. The van der Waals surface area contributed by atoms with E-state index in [0.717, 1.165) is 25.2 Å². The highest BCUT2D eigenvalue weighted by Gasteiger charge is 2.46. The smallest absolute Gasteiger partial charge is 0.225 e. The van der Waals surface area contributed by atoms with Gasteiger partial charge in [-0.25, -0.2) is 9.97 Å². The van der Waals surface area contributed by atoms with E-state index >= 15 is 0 Å². The molecular weight excluding hydrogens is 275 g/mol. The van der Waals surface area contributed by atoms with E-state index in [1.54, 1.807) is 0 Å². The lowest BCUT2D eigenvalue weighted by Crippen LogP contribution is -2.44. The number of hydrogen-bond donors (Lipinski definition) is 0. The Morgan fingerprint density at radius 2 is 2.00 bits per heavy atom. The van der Waals surface area contributed by atoms with Gasteiger partial charge in [0.25, 0.3) is 0 Å². The van der Waals surface area contributed by atoms with Crippen LogP contribution in [0.25, 0.3) is 11.2 Å². The molecule has 2 aromatic rings. The summed E-state index contributed by atoms with van der Waals surface area (Å²) in [7, 11) is 0. The summed E-state index contributed by atoms with van der Waals surface area (Å²) in [6.45, 7) is 1.41. The van der Waals surface area contributed by atoms with Crippen molar-refractivity contribution in [3.63, 3.8) is 0 Å². The molecule has 1 aliphatic carbocycles. The molecule has 1 spiro atoms. The molecule has 0 unspecified atom stereocenters. The Bertz CT molecular complexity index is 650. The molecule has 0 amide bonds. The predicted molar refractivity (Wildman–Crippen MR) is 66.8 cm³/mol. The predicted octanol–water partition coefficient (Wildman–Crippen LogP) is 2.54. The molecule has 0 atom stereocenters. The highest BCUT2D eigenvalue weighted by atomic mass is 35.5. The van der Waals surface area contributed by atoms with Gasteiger partial charge in [0, 0.05) is 6.54 Å². The monoisotopic (exact) mass is 284 g/mol. The number of imidazole rings is 1. The summed E-state index contributed by atoms with van der Waals surface area (Å²) in [5.74, 6) is 0.925. The van der Waals surface area contributed by atoms with Crippen molar-refractivity contribution < 1.29 is 4.74 Å². The Morgan fingerprint density at radius 1 is 1.17 bits per heavy atom. The molecule has 2 aromatic heterocycles. The van der Waals surface area contributed by atoms with E-state index in [9.17, 15) is 0 Å². The number of halogens is 2. The van der Waals surface area contributed by atoms with E-state index in [2.05, 4.69) is 19.5 Å². The largest absolute Gasteiger partial charge is 0.365 e. The summed E-state index contributed by atoms with van der Waals surface area (Å²) >= 11 is 11.9. The first kappa shape index (κ1) is 11.0. The number of fused-ring (bicyclic) bond motifs is 4. The molecule has 1 aliphatic heterocycles. The molecular formula is C11H10Cl2N4O. The van der Waals surface area contributed by atoms with E-state index in [1.165, 1.54) is 6.42 Å². The second-order valence-electron chi connectivity index (χ2n) is 4.74. The lowest BCUT2D eigenvalue weighted by atomic mass is 9.78. The zero-order valence-electron chi connectivity index (χ0n) is 9.49. The van der Waals surface area contributed by atoms with E-state index in [1.807, 2.05) is 0 Å². The van der Waals surface area contributed by atoms with E-state index in [4.69, 9.17) is 27.9 Å². The minimum atomic E-state index is -0.227. The van der Waals surface area contributed by atoms with Crippen LogP contribution in [0.1, 0.15) is 25.1 Å². The molecule has 4 rings (SSSR count). The van der Waals surface area contributed by atoms with Crippen LogP contribution >= 0.6 is 23.2 Å². The van der Waals surface area contributed by atoms with Gasteiger partial charge in [0.15, 0.2) is 10.8 Å². The summed E-state index contributed by atoms with van der Waals surface area (Å²) in [5, 5.41) is 0.464. The molecule has 0 N–H and O–H groups in total. The van der Waals surface area contributed by atoms with Crippen LogP contribution in [0.3, 0.4) is 0 Å². The lowest BCUT2D eigenvalue weighted by molar-refractivity contribution is -0.131.